The molecule has 0 radical (unpaired) electrons. The summed E-state index contributed by atoms with van der Waals surface area (Å²) in [6.45, 7) is 0. The van der Waals surface area contributed by atoms with E-state index in [1.807, 2.05) is 0 Å². The lowest BCUT2D eigenvalue weighted by Crippen LogP contribution is -2.12. The zero-order valence-corrected chi connectivity index (χ0v) is 13.0. The zero-order valence-electron chi connectivity index (χ0n) is 11.4. The summed E-state index contributed by atoms with van der Waals surface area (Å²) in [6.07, 6.45) is 0. The molecular formula is C16H9BrO6. The van der Waals surface area contributed by atoms with Crippen LogP contribution in [-0.4, -0.2) is 21.3 Å². The van der Waals surface area contributed by atoms with Crippen molar-refractivity contribution in [3.8, 4) is 22.6 Å². The van der Waals surface area contributed by atoms with Gasteiger partial charge in [0.05, 0.1) is 5.56 Å². The molecule has 1 heterocycles. The predicted molar refractivity (Wildman–Crippen MR) is 85.9 cm³/mol. The van der Waals surface area contributed by atoms with E-state index in [0.29, 0.717) is 10.0 Å². The number of carbonyl (C=O) groups is 1. The quantitative estimate of drug-likeness (QED) is 0.632. The molecule has 0 aliphatic carbocycles. The maximum Gasteiger partial charge on any atom is 0.372 e. The fourth-order valence-corrected chi connectivity index (χ4v) is 2.74. The Bertz CT molecular complexity index is 1010. The number of fused-ring (bicyclic) bond motifs is 1. The lowest BCUT2D eigenvalue weighted by molar-refractivity contribution is 0.0664. The second-order valence-corrected chi connectivity index (χ2v) is 5.70. The number of halogens is 1. The summed E-state index contributed by atoms with van der Waals surface area (Å²) in [7, 11) is 0. The van der Waals surface area contributed by atoms with Crippen molar-refractivity contribution in [2.24, 2.45) is 0 Å². The molecule has 0 fully saturated rings. The minimum Gasteiger partial charge on any atom is -0.508 e. The van der Waals surface area contributed by atoms with E-state index in [4.69, 9.17) is 4.42 Å². The average molecular weight is 377 g/mol. The Morgan fingerprint density at radius 1 is 1.13 bits per heavy atom. The van der Waals surface area contributed by atoms with Gasteiger partial charge in [0.25, 0.3) is 0 Å². The van der Waals surface area contributed by atoms with Gasteiger partial charge in [0.15, 0.2) is 0 Å². The van der Waals surface area contributed by atoms with E-state index < -0.39 is 22.9 Å². The molecule has 0 aliphatic heterocycles. The van der Waals surface area contributed by atoms with Crippen LogP contribution in [0.5, 0.6) is 11.5 Å². The van der Waals surface area contributed by atoms with Gasteiger partial charge < -0.3 is 19.7 Å². The molecule has 0 spiro atoms. The molecule has 0 saturated heterocycles. The minimum absolute atomic E-state index is 0.174. The molecule has 23 heavy (non-hydrogen) atoms. The van der Waals surface area contributed by atoms with Crippen LogP contribution in [0.1, 0.15) is 10.6 Å². The first-order valence-corrected chi connectivity index (χ1v) is 7.20. The number of hydrogen-bond acceptors (Lipinski definition) is 5. The van der Waals surface area contributed by atoms with E-state index in [1.54, 1.807) is 24.3 Å². The molecule has 3 rings (SSSR count). The number of aromatic carboxylic acids is 1. The smallest absolute Gasteiger partial charge is 0.372 e. The Labute approximate surface area is 137 Å². The highest BCUT2D eigenvalue weighted by atomic mass is 79.9. The molecule has 3 aromatic rings. The van der Waals surface area contributed by atoms with Crippen molar-refractivity contribution in [2.75, 3.05) is 0 Å². The van der Waals surface area contributed by atoms with Crippen LogP contribution < -0.4 is 5.43 Å². The lowest BCUT2D eigenvalue weighted by atomic mass is 10.0. The summed E-state index contributed by atoms with van der Waals surface area (Å²) in [4.78, 5) is 24.2. The molecule has 0 bridgehead atoms. The van der Waals surface area contributed by atoms with Crippen LogP contribution in [0.15, 0.2) is 50.1 Å². The highest BCUT2D eigenvalue weighted by Crippen LogP contribution is 2.32. The summed E-state index contributed by atoms with van der Waals surface area (Å²) in [6, 6.07) is 8.57. The zero-order chi connectivity index (χ0) is 16.7. The van der Waals surface area contributed by atoms with Crippen molar-refractivity contribution >= 4 is 32.9 Å². The van der Waals surface area contributed by atoms with Crippen molar-refractivity contribution in [1.29, 1.82) is 0 Å². The molecule has 0 amide bonds. The Hall–Kier alpha value is -2.80. The van der Waals surface area contributed by atoms with Crippen molar-refractivity contribution in [2.45, 2.75) is 0 Å². The molecule has 0 atom stereocenters. The number of hydrogen-bond donors (Lipinski definition) is 3. The Kier molecular flexibility index (Phi) is 3.57. The lowest BCUT2D eigenvalue weighted by Gasteiger charge is -2.09. The summed E-state index contributed by atoms with van der Waals surface area (Å²) in [5.74, 6) is -2.82. The molecule has 0 unspecified atom stereocenters. The minimum atomic E-state index is -1.43. The monoisotopic (exact) mass is 376 g/mol. The number of benzene rings is 2. The van der Waals surface area contributed by atoms with E-state index in [1.165, 1.54) is 0 Å². The summed E-state index contributed by atoms with van der Waals surface area (Å²) >= 11 is 3.26. The van der Waals surface area contributed by atoms with Crippen molar-refractivity contribution in [3.05, 3.63) is 56.9 Å². The fraction of sp³-hybridized carbons (Fsp3) is 0. The van der Waals surface area contributed by atoms with E-state index in [0.717, 1.165) is 12.1 Å². The third-order valence-corrected chi connectivity index (χ3v) is 3.76. The summed E-state index contributed by atoms with van der Waals surface area (Å²) < 4.78 is 5.91. The second-order valence-electron chi connectivity index (χ2n) is 4.79. The van der Waals surface area contributed by atoms with Crippen LogP contribution in [0, 0.1) is 0 Å². The number of carboxylic acid groups (broad SMARTS) is 1. The van der Waals surface area contributed by atoms with Crippen LogP contribution in [0.3, 0.4) is 0 Å². The van der Waals surface area contributed by atoms with Gasteiger partial charge in [-0.3, -0.25) is 4.79 Å². The highest BCUT2D eigenvalue weighted by Gasteiger charge is 2.23. The van der Waals surface area contributed by atoms with Gasteiger partial charge in [0, 0.05) is 16.6 Å². The number of phenolic OH excluding ortho intramolecular Hbond substituents is 2. The Morgan fingerprint density at radius 3 is 2.52 bits per heavy atom. The number of rotatable bonds is 2. The molecule has 0 aliphatic rings. The molecule has 116 valence electrons. The standard InChI is InChI=1S/C16H9BrO6/c17-8-3-1-2-7(4-8)12-14(20)13-10(19)5-9(18)6-11(13)23-15(12)16(21)22/h1-6,18-19H,(H,21,22). The van der Waals surface area contributed by atoms with Crippen LogP contribution in [-0.2, 0) is 0 Å². The van der Waals surface area contributed by atoms with E-state index in [2.05, 4.69) is 15.9 Å². The fourth-order valence-electron chi connectivity index (χ4n) is 2.34. The van der Waals surface area contributed by atoms with Crippen molar-refractivity contribution < 1.29 is 24.5 Å². The largest absolute Gasteiger partial charge is 0.508 e. The predicted octanol–water partition coefficient (Wildman–Crippen LogP) is 3.33. The van der Waals surface area contributed by atoms with Gasteiger partial charge in [-0.05, 0) is 17.7 Å². The molecule has 2 aromatic carbocycles. The summed E-state index contributed by atoms with van der Waals surface area (Å²) in [5, 5.41) is 28.5. The first kappa shape index (κ1) is 15.1. The van der Waals surface area contributed by atoms with E-state index in [-0.39, 0.29) is 22.3 Å². The molecule has 1 aromatic heterocycles. The van der Waals surface area contributed by atoms with Crippen LogP contribution in [0.2, 0.25) is 0 Å². The molecule has 3 N–H and O–H groups in total. The molecule has 6 nitrogen and oxygen atoms in total. The van der Waals surface area contributed by atoms with Gasteiger partial charge in [0.2, 0.25) is 11.2 Å². The van der Waals surface area contributed by atoms with Crippen molar-refractivity contribution in [3.63, 3.8) is 0 Å². The third kappa shape index (κ3) is 2.55. The Balaban J connectivity index is 2.50. The topological polar surface area (TPSA) is 108 Å². The van der Waals surface area contributed by atoms with E-state index in [9.17, 15) is 24.9 Å². The molecular weight excluding hydrogens is 368 g/mol. The van der Waals surface area contributed by atoms with Crippen LogP contribution in [0.4, 0.5) is 0 Å². The number of aromatic hydroxyl groups is 2. The maximum absolute atomic E-state index is 12.7. The SMILES string of the molecule is O=C(O)c1oc2cc(O)cc(O)c2c(=O)c1-c1cccc(Br)c1. The van der Waals surface area contributed by atoms with E-state index >= 15 is 0 Å². The van der Waals surface area contributed by atoms with Crippen LogP contribution >= 0.6 is 15.9 Å². The number of phenols is 2. The normalized spacial score (nSPS) is 10.8. The van der Waals surface area contributed by atoms with Crippen LogP contribution in [0.25, 0.3) is 22.1 Å². The van der Waals surface area contributed by atoms with Gasteiger partial charge in [-0.1, -0.05) is 28.1 Å². The van der Waals surface area contributed by atoms with Gasteiger partial charge in [0.1, 0.15) is 22.5 Å². The van der Waals surface area contributed by atoms with Gasteiger partial charge >= 0.3 is 5.97 Å². The molecule has 7 heteroatoms. The third-order valence-electron chi connectivity index (χ3n) is 3.27. The Morgan fingerprint density at radius 2 is 1.87 bits per heavy atom. The number of carboxylic acids is 1. The van der Waals surface area contributed by atoms with Crippen molar-refractivity contribution in [1.82, 2.24) is 0 Å². The maximum atomic E-state index is 12.7. The average Bonchev–Trinajstić information content (AvgIpc) is 2.45. The van der Waals surface area contributed by atoms with Gasteiger partial charge in [-0.25, -0.2) is 4.79 Å². The van der Waals surface area contributed by atoms with Gasteiger partial charge in [-0.15, -0.1) is 0 Å². The highest BCUT2D eigenvalue weighted by molar-refractivity contribution is 9.10. The second kappa shape index (κ2) is 5.44. The first-order chi connectivity index (χ1) is 10.9. The molecule has 0 saturated carbocycles. The van der Waals surface area contributed by atoms with Gasteiger partial charge in [-0.2, -0.15) is 0 Å². The summed E-state index contributed by atoms with van der Waals surface area (Å²) in [5.41, 5.74) is -0.741. The first-order valence-electron chi connectivity index (χ1n) is 6.40.